The molecular formula is C15H20O3. The van der Waals surface area contributed by atoms with Gasteiger partial charge in [0.1, 0.15) is 0 Å². The van der Waals surface area contributed by atoms with E-state index in [1.807, 2.05) is 32.0 Å². The second-order valence-corrected chi connectivity index (χ2v) is 5.43. The molecule has 1 N–H and O–H groups in total. The molecule has 1 aromatic rings. The maximum absolute atomic E-state index is 12.1. The van der Waals surface area contributed by atoms with Crippen molar-refractivity contribution in [3.8, 4) is 0 Å². The van der Waals surface area contributed by atoms with Crippen molar-refractivity contribution in [1.82, 2.24) is 0 Å². The van der Waals surface area contributed by atoms with Gasteiger partial charge in [-0.25, -0.2) is 0 Å². The summed E-state index contributed by atoms with van der Waals surface area (Å²) < 4.78 is 0. The molecule has 0 heterocycles. The van der Waals surface area contributed by atoms with Crippen LogP contribution in [0.25, 0.3) is 0 Å². The molecule has 0 amide bonds. The second kappa shape index (κ2) is 5.34. The van der Waals surface area contributed by atoms with Crippen molar-refractivity contribution in [2.24, 2.45) is 5.41 Å². The molecule has 18 heavy (non-hydrogen) atoms. The Morgan fingerprint density at radius 1 is 1.22 bits per heavy atom. The fourth-order valence-corrected chi connectivity index (χ4v) is 1.70. The van der Waals surface area contributed by atoms with E-state index in [1.54, 1.807) is 13.8 Å². The molecule has 0 aliphatic heterocycles. The van der Waals surface area contributed by atoms with Crippen molar-refractivity contribution in [2.75, 3.05) is 0 Å². The highest BCUT2D eigenvalue weighted by atomic mass is 16.4. The van der Waals surface area contributed by atoms with Crippen molar-refractivity contribution in [3.05, 3.63) is 34.9 Å². The fourth-order valence-electron chi connectivity index (χ4n) is 1.70. The molecule has 0 unspecified atom stereocenters. The third kappa shape index (κ3) is 3.42. The average Bonchev–Trinajstić information content (AvgIpc) is 2.29. The summed E-state index contributed by atoms with van der Waals surface area (Å²) in [6.45, 7) is 7.13. The van der Waals surface area contributed by atoms with E-state index in [0.29, 0.717) is 12.0 Å². The number of carboxylic acid groups (broad SMARTS) is 1. The normalized spacial score (nSPS) is 11.3. The molecule has 0 aliphatic carbocycles. The van der Waals surface area contributed by atoms with Crippen LogP contribution in [0.1, 0.15) is 48.2 Å². The molecule has 3 heteroatoms. The van der Waals surface area contributed by atoms with E-state index in [9.17, 15) is 9.59 Å². The van der Waals surface area contributed by atoms with Gasteiger partial charge in [-0.15, -0.1) is 0 Å². The van der Waals surface area contributed by atoms with Gasteiger partial charge in [0.05, 0.1) is 5.41 Å². The van der Waals surface area contributed by atoms with Crippen LogP contribution >= 0.6 is 0 Å². The van der Waals surface area contributed by atoms with Crippen LogP contribution in [0.4, 0.5) is 0 Å². The highest BCUT2D eigenvalue weighted by Gasteiger charge is 2.27. The number of carboxylic acids is 1. The van der Waals surface area contributed by atoms with E-state index in [2.05, 4.69) is 0 Å². The Kier molecular flexibility index (Phi) is 4.28. The number of carbonyl (C=O) groups is 2. The number of hydrogen-bond acceptors (Lipinski definition) is 2. The number of carbonyl (C=O) groups excluding carboxylic acids is 1. The Morgan fingerprint density at radius 3 is 2.39 bits per heavy atom. The van der Waals surface area contributed by atoms with Gasteiger partial charge in [-0.05, 0) is 45.7 Å². The Hall–Kier alpha value is -1.64. The Bertz CT molecular complexity index is 473. The molecule has 0 spiro atoms. The van der Waals surface area contributed by atoms with E-state index < -0.39 is 11.4 Å². The molecule has 1 rings (SSSR count). The van der Waals surface area contributed by atoms with Crippen molar-refractivity contribution in [1.29, 1.82) is 0 Å². The summed E-state index contributed by atoms with van der Waals surface area (Å²) in [5.74, 6) is -0.846. The van der Waals surface area contributed by atoms with Gasteiger partial charge in [-0.3, -0.25) is 9.59 Å². The van der Waals surface area contributed by atoms with Crippen molar-refractivity contribution in [3.63, 3.8) is 0 Å². The maximum atomic E-state index is 12.1. The van der Waals surface area contributed by atoms with E-state index in [-0.39, 0.29) is 12.2 Å². The first kappa shape index (κ1) is 14.4. The third-order valence-corrected chi connectivity index (χ3v) is 3.25. The molecule has 98 valence electrons. The molecule has 1 aromatic carbocycles. The fraction of sp³-hybridized carbons (Fsp3) is 0.467. The lowest BCUT2D eigenvalue weighted by molar-refractivity contribution is -0.147. The Morgan fingerprint density at radius 2 is 1.83 bits per heavy atom. The lowest BCUT2D eigenvalue weighted by Gasteiger charge is -2.18. The zero-order valence-corrected chi connectivity index (χ0v) is 11.4. The number of aliphatic carboxylic acids is 1. The summed E-state index contributed by atoms with van der Waals surface area (Å²) in [4.78, 5) is 23.1. The third-order valence-electron chi connectivity index (χ3n) is 3.25. The molecule has 0 fully saturated rings. The number of rotatable bonds is 5. The van der Waals surface area contributed by atoms with E-state index in [1.165, 1.54) is 0 Å². The molecule has 3 nitrogen and oxygen atoms in total. The smallest absolute Gasteiger partial charge is 0.309 e. The minimum atomic E-state index is -0.865. The summed E-state index contributed by atoms with van der Waals surface area (Å²) in [6.07, 6.45) is 0.623. The molecule has 0 bridgehead atoms. The minimum absolute atomic E-state index is 0.0190. The van der Waals surface area contributed by atoms with Gasteiger partial charge < -0.3 is 5.11 Å². The predicted octanol–water partition coefficient (Wildman–Crippen LogP) is 3.38. The quantitative estimate of drug-likeness (QED) is 0.813. The molecule has 0 aromatic heterocycles. The van der Waals surface area contributed by atoms with Crippen LogP contribution in [0.15, 0.2) is 18.2 Å². The van der Waals surface area contributed by atoms with Gasteiger partial charge >= 0.3 is 5.97 Å². The molecule has 0 aliphatic rings. The second-order valence-electron chi connectivity index (χ2n) is 5.43. The summed E-state index contributed by atoms with van der Waals surface area (Å²) in [7, 11) is 0. The topological polar surface area (TPSA) is 54.4 Å². The van der Waals surface area contributed by atoms with Crippen molar-refractivity contribution >= 4 is 11.8 Å². The minimum Gasteiger partial charge on any atom is -0.481 e. The molecular weight excluding hydrogens is 228 g/mol. The summed E-state index contributed by atoms with van der Waals surface area (Å²) in [5.41, 5.74) is 1.84. The standard InChI is InChI=1S/C15H20O3/c1-10-5-6-11(2)12(9-10)13(16)7-8-15(3,4)14(17)18/h5-6,9H,7-8H2,1-4H3,(H,17,18). The first-order valence-electron chi connectivity index (χ1n) is 6.08. The van der Waals surface area contributed by atoms with Gasteiger partial charge in [0.25, 0.3) is 0 Å². The van der Waals surface area contributed by atoms with Crippen LogP contribution < -0.4 is 0 Å². The zero-order chi connectivity index (χ0) is 13.9. The Labute approximate surface area is 108 Å². The summed E-state index contributed by atoms with van der Waals surface area (Å²) in [6, 6.07) is 5.75. The first-order chi connectivity index (χ1) is 8.24. The van der Waals surface area contributed by atoms with Crippen LogP contribution in [-0.4, -0.2) is 16.9 Å². The zero-order valence-electron chi connectivity index (χ0n) is 11.4. The van der Waals surface area contributed by atoms with Crippen LogP contribution in [-0.2, 0) is 4.79 Å². The SMILES string of the molecule is Cc1ccc(C)c(C(=O)CCC(C)(C)C(=O)O)c1. The van der Waals surface area contributed by atoms with Crippen molar-refractivity contribution in [2.45, 2.75) is 40.5 Å². The Balaban J connectivity index is 2.78. The number of hydrogen-bond donors (Lipinski definition) is 1. The van der Waals surface area contributed by atoms with Crippen LogP contribution in [0, 0.1) is 19.3 Å². The average molecular weight is 248 g/mol. The van der Waals surface area contributed by atoms with Crippen LogP contribution in [0.5, 0.6) is 0 Å². The van der Waals surface area contributed by atoms with E-state index >= 15 is 0 Å². The lowest BCUT2D eigenvalue weighted by atomic mass is 9.86. The molecule has 0 radical (unpaired) electrons. The van der Waals surface area contributed by atoms with Crippen LogP contribution in [0.2, 0.25) is 0 Å². The van der Waals surface area contributed by atoms with E-state index in [4.69, 9.17) is 5.11 Å². The number of benzene rings is 1. The van der Waals surface area contributed by atoms with Crippen molar-refractivity contribution < 1.29 is 14.7 Å². The number of Topliss-reactive ketones (excluding diaryl/α,β-unsaturated/α-hetero) is 1. The summed E-state index contributed by atoms with van der Waals surface area (Å²) >= 11 is 0. The highest BCUT2D eigenvalue weighted by molar-refractivity contribution is 5.97. The van der Waals surface area contributed by atoms with Crippen LogP contribution in [0.3, 0.4) is 0 Å². The van der Waals surface area contributed by atoms with Gasteiger partial charge in [0.15, 0.2) is 5.78 Å². The first-order valence-corrected chi connectivity index (χ1v) is 6.08. The van der Waals surface area contributed by atoms with Gasteiger partial charge in [0.2, 0.25) is 0 Å². The maximum Gasteiger partial charge on any atom is 0.309 e. The highest BCUT2D eigenvalue weighted by Crippen LogP contribution is 2.24. The van der Waals surface area contributed by atoms with Gasteiger partial charge in [-0.1, -0.05) is 17.7 Å². The number of ketones is 1. The molecule has 0 atom stereocenters. The lowest BCUT2D eigenvalue weighted by Crippen LogP contribution is -2.24. The van der Waals surface area contributed by atoms with Gasteiger partial charge in [0, 0.05) is 12.0 Å². The number of aryl methyl sites for hydroxylation is 2. The molecule has 0 saturated carbocycles. The summed E-state index contributed by atoms with van der Waals surface area (Å²) in [5, 5.41) is 9.01. The van der Waals surface area contributed by atoms with E-state index in [0.717, 1.165) is 11.1 Å². The predicted molar refractivity (Wildman–Crippen MR) is 70.9 cm³/mol. The molecule has 0 saturated heterocycles. The largest absolute Gasteiger partial charge is 0.481 e. The monoisotopic (exact) mass is 248 g/mol. The van der Waals surface area contributed by atoms with Gasteiger partial charge in [-0.2, -0.15) is 0 Å².